The molecule has 0 aliphatic rings. The number of ether oxygens (including phenoxy) is 1. The minimum absolute atomic E-state index is 0.0646. The van der Waals surface area contributed by atoms with E-state index in [1.165, 1.54) is 11.1 Å². The van der Waals surface area contributed by atoms with Gasteiger partial charge in [0, 0.05) is 24.8 Å². The Bertz CT molecular complexity index is 1380. The molecule has 46 heavy (non-hydrogen) atoms. The van der Waals surface area contributed by atoms with Crippen LogP contribution in [0.5, 0.6) is 5.75 Å². The molecule has 0 radical (unpaired) electrons. The average molecular weight is 663 g/mol. The maximum atomic E-state index is 7.33. The fourth-order valence-electron chi connectivity index (χ4n) is 7.38. The second kappa shape index (κ2) is 15.3. The number of aryl methyl sites for hydroxylation is 2. The molecular weight excluding hydrogens is 601 g/mol. The van der Waals surface area contributed by atoms with Gasteiger partial charge in [-0.05, 0) is 94.4 Å². The lowest BCUT2D eigenvalue weighted by molar-refractivity contribution is -0.167. The number of hydrogen-bond donors (Lipinski definition) is 0. The summed E-state index contributed by atoms with van der Waals surface area (Å²) in [5.41, 5.74) is 8.21. The first kappa shape index (κ1) is 38.2. The monoisotopic (exact) mass is 662 g/mol. The van der Waals surface area contributed by atoms with E-state index in [-0.39, 0.29) is 11.3 Å². The molecule has 4 nitrogen and oxygen atoms in total. The third-order valence-electron chi connectivity index (χ3n) is 9.70. The highest BCUT2D eigenvalue weighted by atomic mass is 28.4. The second-order valence-electron chi connectivity index (χ2n) is 15.2. The van der Waals surface area contributed by atoms with Gasteiger partial charge >= 0.3 is 9.28 Å². The molecule has 0 saturated carbocycles. The Morgan fingerprint density at radius 3 is 1.70 bits per heavy atom. The van der Waals surface area contributed by atoms with Crippen molar-refractivity contribution in [3.8, 4) is 5.75 Å². The van der Waals surface area contributed by atoms with Crippen molar-refractivity contribution in [2.24, 2.45) is 0 Å². The van der Waals surface area contributed by atoms with Gasteiger partial charge in [0.05, 0.1) is 0 Å². The normalized spacial score (nSPS) is 14.8. The minimum atomic E-state index is -2.46. The SMILES string of the molecule is CCOC(O[SiH](OC)c1ccc(C(C)(C)C)cc1)(c1ccc(O[Si](C(C)C)(C(C)C)C(C)C)c(C(C)C)c1)c1c(C)cccc1C. The predicted octanol–water partition coefficient (Wildman–Crippen LogP) is 10.3. The van der Waals surface area contributed by atoms with Crippen molar-refractivity contribution >= 4 is 22.8 Å². The Morgan fingerprint density at radius 2 is 1.26 bits per heavy atom. The fraction of sp³-hybridized carbons (Fsp3) is 0.550. The van der Waals surface area contributed by atoms with Crippen molar-refractivity contribution in [3.05, 3.63) is 94.0 Å². The van der Waals surface area contributed by atoms with Crippen molar-refractivity contribution in [1.29, 1.82) is 0 Å². The van der Waals surface area contributed by atoms with Gasteiger partial charge in [0.25, 0.3) is 8.32 Å². The van der Waals surface area contributed by atoms with Crippen LogP contribution in [-0.4, -0.2) is 31.3 Å². The standard InChI is InChI=1S/C40H62O4Si2/c1-16-42-40(38-31(10)18-17-19-32(38)11,44-45(41-15)35-23-20-33(21-24-35)39(12,13)14)34-22-25-37(36(26-34)27(2)3)43-46(28(4)5,29(6)7)30(8)9/h17-30,45H,16H2,1-15H3. The molecule has 6 heteroatoms. The van der Waals surface area contributed by atoms with Gasteiger partial charge in [0.1, 0.15) is 5.75 Å². The third-order valence-corrected chi connectivity index (χ3v) is 17.6. The summed E-state index contributed by atoms with van der Waals surface area (Å²) in [4.78, 5) is 0. The Labute approximate surface area is 284 Å². The molecule has 0 saturated heterocycles. The topological polar surface area (TPSA) is 36.9 Å². The Morgan fingerprint density at radius 1 is 0.739 bits per heavy atom. The first-order chi connectivity index (χ1) is 21.5. The lowest BCUT2D eigenvalue weighted by Crippen LogP contribution is -2.51. The summed E-state index contributed by atoms with van der Waals surface area (Å²) in [6.45, 7) is 32.1. The maximum absolute atomic E-state index is 7.33. The van der Waals surface area contributed by atoms with Crippen LogP contribution in [0.1, 0.15) is 122 Å². The minimum Gasteiger partial charge on any atom is -0.542 e. The Balaban J connectivity index is 2.31. The molecule has 2 atom stereocenters. The van der Waals surface area contributed by atoms with E-state index in [9.17, 15) is 0 Å². The van der Waals surface area contributed by atoms with Gasteiger partial charge in [-0.15, -0.1) is 0 Å². The van der Waals surface area contributed by atoms with Crippen LogP contribution in [0.2, 0.25) is 16.6 Å². The molecule has 0 fully saturated rings. The number of benzene rings is 3. The van der Waals surface area contributed by atoms with Gasteiger partial charge in [-0.2, -0.15) is 0 Å². The summed E-state index contributed by atoms with van der Waals surface area (Å²) in [6.07, 6.45) is 0. The second-order valence-corrected chi connectivity index (χ2v) is 22.6. The highest BCUT2D eigenvalue weighted by molar-refractivity contribution is 6.78. The van der Waals surface area contributed by atoms with Gasteiger partial charge in [0.15, 0.2) is 0 Å². The molecule has 0 amide bonds. The lowest BCUT2D eigenvalue weighted by Gasteiger charge is -2.43. The molecule has 3 aromatic carbocycles. The molecule has 0 bridgehead atoms. The molecule has 0 aliphatic heterocycles. The zero-order valence-corrected chi connectivity index (χ0v) is 33.7. The summed E-state index contributed by atoms with van der Waals surface area (Å²) in [5.74, 6) is 0.0718. The first-order valence-electron chi connectivity index (χ1n) is 17.3. The lowest BCUT2D eigenvalue weighted by atomic mass is 9.87. The zero-order valence-electron chi connectivity index (χ0n) is 31.5. The molecule has 0 aromatic heterocycles. The molecule has 0 aliphatic carbocycles. The van der Waals surface area contributed by atoms with Gasteiger partial charge in [-0.1, -0.05) is 119 Å². The summed E-state index contributed by atoms with van der Waals surface area (Å²) in [7, 11) is -2.87. The van der Waals surface area contributed by atoms with E-state index < -0.39 is 23.4 Å². The van der Waals surface area contributed by atoms with Gasteiger partial charge in [0.2, 0.25) is 5.79 Å². The van der Waals surface area contributed by atoms with Crippen LogP contribution in [-0.2, 0) is 24.8 Å². The zero-order chi connectivity index (χ0) is 34.6. The number of hydrogen-bond acceptors (Lipinski definition) is 4. The highest BCUT2D eigenvalue weighted by Crippen LogP contribution is 2.46. The van der Waals surface area contributed by atoms with Crippen molar-refractivity contribution < 1.29 is 18.0 Å². The number of rotatable bonds is 14. The molecule has 0 heterocycles. The van der Waals surface area contributed by atoms with Crippen LogP contribution in [0.4, 0.5) is 0 Å². The molecule has 3 aromatic rings. The predicted molar refractivity (Wildman–Crippen MR) is 201 cm³/mol. The van der Waals surface area contributed by atoms with Gasteiger partial charge in [-0.25, -0.2) is 0 Å². The van der Waals surface area contributed by atoms with Crippen molar-refractivity contribution in [3.63, 3.8) is 0 Å². The van der Waals surface area contributed by atoms with Crippen LogP contribution >= 0.6 is 0 Å². The Hall–Kier alpha value is -2.23. The van der Waals surface area contributed by atoms with E-state index in [4.69, 9.17) is 18.0 Å². The fourth-order valence-corrected chi connectivity index (χ4v) is 14.3. The molecular formula is C40H62O4Si2. The van der Waals surface area contributed by atoms with Crippen LogP contribution in [0, 0.1) is 13.8 Å². The van der Waals surface area contributed by atoms with Gasteiger partial charge in [-0.3, -0.25) is 0 Å². The average Bonchev–Trinajstić information content (AvgIpc) is 2.97. The van der Waals surface area contributed by atoms with Crippen LogP contribution in [0.25, 0.3) is 0 Å². The molecule has 3 rings (SSSR count). The van der Waals surface area contributed by atoms with Crippen LogP contribution < -0.4 is 9.61 Å². The van der Waals surface area contributed by atoms with Crippen LogP contribution in [0.15, 0.2) is 60.7 Å². The van der Waals surface area contributed by atoms with E-state index in [0.29, 0.717) is 23.2 Å². The summed E-state index contributed by atoms with van der Waals surface area (Å²) in [5, 5.41) is 1.08. The molecule has 0 spiro atoms. The summed E-state index contributed by atoms with van der Waals surface area (Å²) < 4.78 is 27.8. The van der Waals surface area contributed by atoms with E-state index in [2.05, 4.69) is 151 Å². The summed E-state index contributed by atoms with van der Waals surface area (Å²) in [6, 6.07) is 21.8. The molecule has 0 N–H and O–H groups in total. The van der Waals surface area contributed by atoms with Crippen molar-refractivity contribution in [2.45, 2.75) is 131 Å². The molecule has 2 unspecified atom stereocenters. The summed E-state index contributed by atoms with van der Waals surface area (Å²) >= 11 is 0. The Kier molecular flexibility index (Phi) is 12.7. The quantitative estimate of drug-likeness (QED) is 0.127. The maximum Gasteiger partial charge on any atom is 0.358 e. The van der Waals surface area contributed by atoms with E-state index in [1.807, 2.05) is 6.92 Å². The van der Waals surface area contributed by atoms with Crippen LogP contribution in [0.3, 0.4) is 0 Å². The van der Waals surface area contributed by atoms with Crippen molar-refractivity contribution in [1.82, 2.24) is 0 Å². The van der Waals surface area contributed by atoms with Crippen molar-refractivity contribution in [2.75, 3.05) is 13.7 Å². The highest BCUT2D eigenvalue weighted by Gasteiger charge is 2.48. The molecule has 254 valence electrons. The third kappa shape index (κ3) is 7.73. The van der Waals surface area contributed by atoms with Gasteiger partial charge < -0.3 is 18.0 Å². The van der Waals surface area contributed by atoms with E-state index in [0.717, 1.165) is 33.2 Å². The largest absolute Gasteiger partial charge is 0.542 e. The van der Waals surface area contributed by atoms with E-state index >= 15 is 0 Å². The van der Waals surface area contributed by atoms with E-state index in [1.54, 1.807) is 7.11 Å². The smallest absolute Gasteiger partial charge is 0.358 e. The first-order valence-corrected chi connectivity index (χ1v) is 21.0.